The molecular formula is C23H26N2O5S. The summed E-state index contributed by atoms with van der Waals surface area (Å²) in [5.74, 6) is 0.397. The Balaban J connectivity index is 1.71. The van der Waals surface area contributed by atoms with E-state index < -0.39 is 23.5 Å². The van der Waals surface area contributed by atoms with Gasteiger partial charge in [0.15, 0.2) is 0 Å². The van der Waals surface area contributed by atoms with Gasteiger partial charge in [-0.15, -0.1) is 11.3 Å². The van der Waals surface area contributed by atoms with E-state index in [1.165, 1.54) is 11.3 Å². The number of hydrogen-bond donors (Lipinski definition) is 1. The molecule has 0 unspecified atom stereocenters. The molecule has 0 saturated carbocycles. The number of anilines is 1. The lowest BCUT2D eigenvalue weighted by molar-refractivity contribution is 0.0206. The van der Waals surface area contributed by atoms with Crippen LogP contribution in [0, 0.1) is 0 Å². The molecule has 3 aromatic rings. The van der Waals surface area contributed by atoms with Crippen LogP contribution in [0.2, 0.25) is 0 Å². The van der Waals surface area contributed by atoms with Crippen LogP contribution in [0.1, 0.15) is 41.5 Å². The van der Waals surface area contributed by atoms with Crippen LogP contribution in [-0.2, 0) is 9.47 Å². The van der Waals surface area contributed by atoms with E-state index in [2.05, 4.69) is 10.3 Å². The summed E-state index contributed by atoms with van der Waals surface area (Å²) in [5.41, 5.74) is 1.16. The lowest BCUT2D eigenvalue weighted by atomic mass is 10.2. The van der Waals surface area contributed by atoms with Crippen molar-refractivity contribution in [3.8, 4) is 16.3 Å². The summed E-state index contributed by atoms with van der Waals surface area (Å²) < 4.78 is 16.6. The standard InChI is InChI=1S/C23H26N2O5S/c1-22(2,3)29-20(26)24-15-9-7-14(8-10-15)19-25-17-12-11-16(13-18(17)31-19)28-21(27)30-23(4,5)6/h7-13H,1-6H3,(H,24,26). The summed E-state index contributed by atoms with van der Waals surface area (Å²) in [5, 5.41) is 3.52. The minimum absolute atomic E-state index is 0.397. The normalized spacial score (nSPS) is 11.8. The number of rotatable bonds is 3. The zero-order valence-electron chi connectivity index (χ0n) is 18.4. The van der Waals surface area contributed by atoms with Gasteiger partial charge in [-0.05, 0) is 77.9 Å². The monoisotopic (exact) mass is 442 g/mol. The number of benzene rings is 2. The van der Waals surface area contributed by atoms with Crippen LogP contribution in [-0.4, -0.2) is 28.4 Å². The topological polar surface area (TPSA) is 86.8 Å². The summed E-state index contributed by atoms with van der Waals surface area (Å²) in [6, 6.07) is 12.6. The van der Waals surface area contributed by atoms with Gasteiger partial charge in [0.25, 0.3) is 0 Å². The molecule has 7 nitrogen and oxygen atoms in total. The fourth-order valence-corrected chi connectivity index (χ4v) is 3.58. The van der Waals surface area contributed by atoms with Gasteiger partial charge >= 0.3 is 12.2 Å². The maximum absolute atomic E-state index is 11.9. The highest BCUT2D eigenvalue weighted by Gasteiger charge is 2.19. The Labute approximate surface area is 185 Å². The second kappa shape index (κ2) is 8.55. The zero-order valence-corrected chi connectivity index (χ0v) is 19.3. The largest absolute Gasteiger partial charge is 0.514 e. The first kappa shape index (κ1) is 22.6. The number of ether oxygens (including phenoxy) is 3. The van der Waals surface area contributed by atoms with Crippen molar-refractivity contribution >= 4 is 39.5 Å². The van der Waals surface area contributed by atoms with Gasteiger partial charge in [0.2, 0.25) is 0 Å². The van der Waals surface area contributed by atoms with Crippen molar-refractivity contribution in [3.05, 3.63) is 42.5 Å². The average Bonchev–Trinajstić information content (AvgIpc) is 3.02. The highest BCUT2D eigenvalue weighted by atomic mass is 32.1. The molecule has 31 heavy (non-hydrogen) atoms. The summed E-state index contributed by atoms with van der Waals surface area (Å²) in [7, 11) is 0. The Morgan fingerprint density at radius 1 is 0.903 bits per heavy atom. The van der Waals surface area contributed by atoms with Crippen LogP contribution in [0.15, 0.2) is 42.5 Å². The quantitative estimate of drug-likeness (QED) is 0.362. The van der Waals surface area contributed by atoms with E-state index in [1.54, 1.807) is 51.1 Å². The third-order valence-corrected chi connectivity index (χ3v) is 4.79. The smallest absolute Gasteiger partial charge is 0.444 e. The van der Waals surface area contributed by atoms with Gasteiger partial charge in [-0.2, -0.15) is 0 Å². The maximum atomic E-state index is 11.9. The number of hydrogen-bond acceptors (Lipinski definition) is 7. The molecule has 2 aromatic carbocycles. The van der Waals surface area contributed by atoms with Gasteiger partial charge in [-0.1, -0.05) is 0 Å². The van der Waals surface area contributed by atoms with Gasteiger partial charge in [0.05, 0.1) is 10.2 Å². The van der Waals surface area contributed by atoms with Crippen LogP contribution >= 0.6 is 11.3 Å². The average molecular weight is 443 g/mol. The van der Waals surface area contributed by atoms with Crippen LogP contribution in [0.3, 0.4) is 0 Å². The Bertz CT molecular complexity index is 1090. The van der Waals surface area contributed by atoms with Crippen LogP contribution in [0.4, 0.5) is 15.3 Å². The molecule has 1 heterocycles. The highest BCUT2D eigenvalue weighted by Crippen LogP contribution is 2.33. The molecule has 164 valence electrons. The second-order valence-electron chi connectivity index (χ2n) is 8.92. The zero-order chi connectivity index (χ0) is 22.8. The lowest BCUT2D eigenvalue weighted by Crippen LogP contribution is -2.27. The van der Waals surface area contributed by atoms with E-state index in [0.29, 0.717) is 11.4 Å². The molecule has 0 aliphatic carbocycles. The van der Waals surface area contributed by atoms with E-state index in [4.69, 9.17) is 14.2 Å². The minimum Gasteiger partial charge on any atom is -0.444 e. The number of aromatic nitrogens is 1. The molecule has 0 saturated heterocycles. The van der Waals surface area contributed by atoms with Crippen molar-refractivity contribution in [2.45, 2.75) is 52.7 Å². The van der Waals surface area contributed by atoms with Crippen LogP contribution < -0.4 is 10.1 Å². The lowest BCUT2D eigenvalue weighted by Gasteiger charge is -2.19. The molecule has 8 heteroatoms. The predicted octanol–water partition coefficient (Wildman–Crippen LogP) is 6.62. The Kier molecular flexibility index (Phi) is 6.22. The molecule has 0 aliphatic heterocycles. The van der Waals surface area contributed by atoms with E-state index in [0.717, 1.165) is 20.8 Å². The SMILES string of the molecule is CC(C)(C)OC(=O)Nc1ccc(-c2nc3ccc(OC(=O)OC(C)(C)C)cc3s2)cc1. The second-order valence-corrected chi connectivity index (χ2v) is 9.95. The number of nitrogens with one attached hydrogen (secondary N) is 1. The number of carbonyl (C=O) groups is 2. The number of thiazole rings is 1. The van der Waals surface area contributed by atoms with Gasteiger partial charge in [0, 0.05) is 17.3 Å². The highest BCUT2D eigenvalue weighted by molar-refractivity contribution is 7.21. The fourth-order valence-electron chi connectivity index (χ4n) is 2.58. The van der Waals surface area contributed by atoms with Gasteiger partial charge in [-0.3, -0.25) is 5.32 Å². The molecule has 3 rings (SSSR count). The van der Waals surface area contributed by atoms with Crippen molar-refractivity contribution in [3.63, 3.8) is 0 Å². The van der Waals surface area contributed by atoms with Gasteiger partial charge < -0.3 is 14.2 Å². The molecule has 0 spiro atoms. The molecule has 0 aliphatic rings. The molecule has 0 fully saturated rings. The summed E-state index contributed by atoms with van der Waals surface area (Å²) >= 11 is 1.48. The van der Waals surface area contributed by atoms with Crippen molar-refractivity contribution in [1.29, 1.82) is 0 Å². The fraction of sp³-hybridized carbons (Fsp3) is 0.348. The Hall–Kier alpha value is -3.13. The van der Waals surface area contributed by atoms with Crippen molar-refractivity contribution in [1.82, 2.24) is 4.98 Å². The van der Waals surface area contributed by atoms with Gasteiger partial charge in [-0.25, -0.2) is 14.6 Å². The van der Waals surface area contributed by atoms with Crippen LogP contribution in [0.25, 0.3) is 20.8 Å². The molecule has 1 N–H and O–H groups in total. The van der Waals surface area contributed by atoms with Crippen molar-refractivity contribution < 1.29 is 23.8 Å². The number of carbonyl (C=O) groups excluding carboxylic acids is 2. The summed E-state index contributed by atoms with van der Waals surface area (Å²) in [6.45, 7) is 10.8. The first-order chi connectivity index (χ1) is 14.4. The molecular weight excluding hydrogens is 416 g/mol. The Morgan fingerprint density at radius 2 is 1.55 bits per heavy atom. The van der Waals surface area contributed by atoms with E-state index in [1.807, 2.05) is 32.9 Å². The third kappa shape index (κ3) is 6.68. The summed E-state index contributed by atoms with van der Waals surface area (Å²) in [4.78, 5) is 28.4. The minimum atomic E-state index is -0.746. The molecule has 1 aromatic heterocycles. The molecule has 0 radical (unpaired) electrons. The van der Waals surface area contributed by atoms with E-state index in [-0.39, 0.29) is 0 Å². The first-order valence-corrected chi connectivity index (χ1v) is 10.6. The number of nitrogens with zero attached hydrogens (tertiary/aromatic N) is 1. The molecule has 0 atom stereocenters. The van der Waals surface area contributed by atoms with Crippen molar-refractivity contribution in [2.75, 3.05) is 5.32 Å². The van der Waals surface area contributed by atoms with Crippen LogP contribution in [0.5, 0.6) is 5.75 Å². The van der Waals surface area contributed by atoms with Gasteiger partial charge in [0.1, 0.15) is 22.0 Å². The number of fused-ring (bicyclic) bond motifs is 1. The first-order valence-electron chi connectivity index (χ1n) is 9.80. The van der Waals surface area contributed by atoms with E-state index >= 15 is 0 Å². The number of amides is 1. The van der Waals surface area contributed by atoms with Crippen molar-refractivity contribution in [2.24, 2.45) is 0 Å². The maximum Gasteiger partial charge on any atom is 0.514 e. The van der Waals surface area contributed by atoms with E-state index in [9.17, 15) is 9.59 Å². The predicted molar refractivity (Wildman–Crippen MR) is 122 cm³/mol. The molecule has 1 amide bonds. The molecule has 0 bridgehead atoms. The Morgan fingerprint density at radius 3 is 2.16 bits per heavy atom. The third-order valence-electron chi connectivity index (χ3n) is 3.73. The summed E-state index contributed by atoms with van der Waals surface area (Å²) in [6.07, 6.45) is -1.25.